The van der Waals surface area contributed by atoms with Gasteiger partial charge >= 0.3 is 0 Å². The maximum absolute atomic E-state index is 13.7. The van der Waals surface area contributed by atoms with E-state index in [1.165, 1.54) is 0 Å². The number of rotatable bonds is 5. The number of benzene rings is 2. The van der Waals surface area contributed by atoms with E-state index in [9.17, 15) is 18.4 Å². The minimum Gasteiger partial charge on any atom is -0.323 e. The van der Waals surface area contributed by atoms with Crippen molar-refractivity contribution in [3.05, 3.63) is 74.0 Å². The van der Waals surface area contributed by atoms with Gasteiger partial charge in [0, 0.05) is 6.07 Å². The number of carbonyl (C=O) groups excluding carboxylic acids is 1. The fraction of sp³-hybridized carbons (Fsp3) is 0.100. The molecule has 2 aromatic heterocycles. The summed E-state index contributed by atoms with van der Waals surface area (Å²) in [6, 6.07) is 10.5. The number of amides is 1. The highest BCUT2D eigenvalue weighted by Crippen LogP contribution is 2.26. The molecular formula is C20H14F2N4O2S3. The van der Waals surface area contributed by atoms with Crippen molar-refractivity contribution in [2.45, 2.75) is 12.1 Å². The summed E-state index contributed by atoms with van der Waals surface area (Å²) in [5.41, 5.74) is 1.70. The lowest BCUT2D eigenvalue weighted by molar-refractivity contribution is -0.113. The molecule has 0 aliphatic carbocycles. The molecule has 0 fully saturated rings. The molecule has 0 aliphatic heterocycles. The molecular weight excluding hydrogens is 462 g/mol. The van der Waals surface area contributed by atoms with E-state index >= 15 is 0 Å². The number of hydrogen-bond acceptors (Lipinski definition) is 6. The summed E-state index contributed by atoms with van der Waals surface area (Å²) in [5, 5.41) is 2.59. The number of thioether (sulfide) groups is 1. The zero-order chi connectivity index (χ0) is 22.1. The number of halogens is 2. The highest BCUT2D eigenvalue weighted by atomic mass is 32.2. The van der Waals surface area contributed by atoms with Crippen LogP contribution in [0.1, 0.15) is 5.56 Å². The average molecular weight is 477 g/mol. The second-order valence-corrected chi connectivity index (χ2v) is 9.08. The lowest BCUT2D eigenvalue weighted by Crippen LogP contribution is -2.16. The lowest BCUT2D eigenvalue weighted by Gasteiger charge is -2.08. The molecule has 2 heterocycles. The summed E-state index contributed by atoms with van der Waals surface area (Å²) in [7, 11) is 0. The SMILES string of the molecule is Cc1ccccc1-n1c(=S)sc2c(=O)[nH]c(SCC(=O)Nc3ccc(F)cc3F)nc21. The molecule has 2 N–H and O–H groups in total. The smallest absolute Gasteiger partial charge is 0.271 e. The Hall–Kier alpha value is -2.89. The average Bonchev–Trinajstić information content (AvgIpc) is 3.05. The van der Waals surface area contributed by atoms with E-state index in [1.54, 1.807) is 4.57 Å². The number of para-hydroxylation sites is 1. The van der Waals surface area contributed by atoms with E-state index in [-0.39, 0.29) is 22.2 Å². The first-order valence-electron chi connectivity index (χ1n) is 8.93. The van der Waals surface area contributed by atoms with Crippen molar-refractivity contribution < 1.29 is 13.6 Å². The number of aromatic nitrogens is 3. The molecule has 0 atom stereocenters. The largest absolute Gasteiger partial charge is 0.323 e. The normalized spacial score (nSPS) is 11.1. The highest BCUT2D eigenvalue weighted by Gasteiger charge is 2.16. The zero-order valence-corrected chi connectivity index (χ0v) is 18.4. The number of aryl methyl sites for hydroxylation is 1. The van der Waals surface area contributed by atoms with Gasteiger partial charge in [-0.1, -0.05) is 41.3 Å². The number of nitrogens with one attached hydrogen (secondary N) is 2. The molecule has 0 spiro atoms. The number of thiazole rings is 1. The maximum atomic E-state index is 13.7. The summed E-state index contributed by atoms with van der Waals surface area (Å²) in [4.78, 5) is 31.9. The zero-order valence-electron chi connectivity index (χ0n) is 15.9. The third kappa shape index (κ3) is 4.43. The van der Waals surface area contributed by atoms with Gasteiger partial charge in [-0.15, -0.1) is 0 Å². The Morgan fingerprint density at radius 2 is 2.06 bits per heavy atom. The molecule has 0 saturated heterocycles. The van der Waals surface area contributed by atoms with Gasteiger partial charge in [-0.3, -0.25) is 14.2 Å². The standard InChI is InChI=1S/C20H14F2N4O2S3/c1-10-4-2-3-5-14(10)26-17-16(31-20(26)29)18(28)25-19(24-17)30-9-15(27)23-13-7-6-11(21)8-12(13)22/h2-8H,9H2,1H3,(H,23,27)(H,24,25,28). The Balaban J connectivity index is 1.61. The van der Waals surface area contributed by atoms with Crippen LogP contribution < -0.4 is 10.9 Å². The Morgan fingerprint density at radius 3 is 2.81 bits per heavy atom. The number of H-pyrrole nitrogens is 1. The number of anilines is 1. The lowest BCUT2D eigenvalue weighted by atomic mass is 10.2. The van der Waals surface area contributed by atoms with Crippen molar-refractivity contribution in [1.82, 2.24) is 14.5 Å². The van der Waals surface area contributed by atoms with Gasteiger partial charge in [-0.2, -0.15) is 0 Å². The van der Waals surface area contributed by atoms with Crippen LogP contribution in [0, 0.1) is 22.5 Å². The number of aromatic amines is 1. The van der Waals surface area contributed by atoms with Gasteiger partial charge in [0.15, 0.2) is 14.8 Å². The van der Waals surface area contributed by atoms with Crippen molar-refractivity contribution in [3.8, 4) is 5.69 Å². The van der Waals surface area contributed by atoms with Crippen LogP contribution in [0.5, 0.6) is 0 Å². The van der Waals surface area contributed by atoms with Crippen LogP contribution in [-0.4, -0.2) is 26.2 Å². The third-order valence-electron chi connectivity index (χ3n) is 4.32. The van der Waals surface area contributed by atoms with Crippen LogP contribution in [0.4, 0.5) is 14.5 Å². The first-order chi connectivity index (χ1) is 14.8. The van der Waals surface area contributed by atoms with E-state index in [0.717, 1.165) is 46.5 Å². The van der Waals surface area contributed by atoms with Gasteiger partial charge in [0.1, 0.15) is 16.3 Å². The molecule has 0 radical (unpaired) electrons. The second kappa shape index (κ2) is 8.69. The predicted molar refractivity (Wildman–Crippen MR) is 121 cm³/mol. The van der Waals surface area contributed by atoms with Crippen molar-refractivity contribution >= 4 is 57.3 Å². The minimum absolute atomic E-state index is 0.130. The molecule has 11 heteroatoms. The molecule has 0 bridgehead atoms. The monoisotopic (exact) mass is 476 g/mol. The second-order valence-electron chi connectivity index (χ2n) is 6.47. The molecule has 0 unspecified atom stereocenters. The van der Waals surface area contributed by atoms with Gasteiger partial charge in [0.2, 0.25) is 5.91 Å². The molecule has 1 amide bonds. The van der Waals surface area contributed by atoms with Crippen molar-refractivity contribution in [1.29, 1.82) is 0 Å². The van der Waals surface area contributed by atoms with Gasteiger partial charge in [0.05, 0.1) is 17.1 Å². The topological polar surface area (TPSA) is 79.8 Å². The number of nitrogens with zero attached hydrogens (tertiary/aromatic N) is 2. The molecule has 4 aromatic rings. The van der Waals surface area contributed by atoms with Crippen LogP contribution in [0.25, 0.3) is 16.0 Å². The van der Waals surface area contributed by atoms with E-state index in [1.807, 2.05) is 31.2 Å². The minimum atomic E-state index is -0.873. The van der Waals surface area contributed by atoms with E-state index in [4.69, 9.17) is 12.2 Å². The first kappa shape index (κ1) is 21.3. The number of hydrogen-bond donors (Lipinski definition) is 2. The Bertz CT molecular complexity index is 1430. The summed E-state index contributed by atoms with van der Waals surface area (Å²) < 4.78 is 29.3. The summed E-state index contributed by atoms with van der Waals surface area (Å²) in [5.74, 6) is -2.28. The van der Waals surface area contributed by atoms with Crippen LogP contribution in [0.2, 0.25) is 0 Å². The third-order valence-corrected chi connectivity index (χ3v) is 6.56. The van der Waals surface area contributed by atoms with Gasteiger partial charge < -0.3 is 10.3 Å². The van der Waals surface area contributed by atoms with Crippen LogP contribution >= 0.6 is 35.3 Å². The summed E-state index contributed by atoms with van der Waals surface area (Å²) in [6.45, 7) is 1.93. The van der Waals surface area contributed by atoms with Crippen LogP contribution in [-0.2, 0) is 4.79 Å². The molecule has 31 heavy (non-hydrogen) atoms. The van der Waals surface area contributed by atoms with E-state index in [0.29, 0.717) is 20.4 Å². The summed E-state index contributed by atoms with van der Waals surface area (Å²) >= 11 is 7.60. The van der Waals surface area contributed by atoms with Crippen LogP contribution in [0.3, 0.4) is 0 Å². The summed E-state index contributed by atoms with van der Waals surface area (Å²) in [6.07, 6.45) is 0. The Morgan fingerprint density at radius 1 is 1.29 bits per heavy atom. The molecule has 0 aliphatic rings. The highest BCUT2D eigenvalue weighted by molar-refractivity contribution is 7.99. The first-order valence-corrected chi connectivity index (χ1v) is 11.1. The van der Waals surface area contributed by atoms with Gasteiger partial charge in [-0.05, 0) is 42.9 Å². The van der Waals surface area contributed by atoms with E-state index < -0.39 is 17.5 Å². The predicted octanol–water partition coefficient (Wildman–Crippen LogP) is 4.82. The quantitative estimate of drug-likeness (QED) is 0.245. The number of fused-ring (bicyclic) bond motifs is 1. The van der Waals surface area contributed by atoms with Crippen molar-refractivity contribution in [2.75, 3.05) is 11.1 Å². The molecule has 6 nitrogen and oxygen atoms in total. The van der Waals surface area contributed by atoms with Crippen LogP contribution in [0.15, 0.2) is 52.4 Å². The van der Waals surface area contributed by atoms with Crippen molar-refractivity contribution in [3.63, 3.8) is 0 Å². The fourth-order valence-corrected chi connectivity index (χ4v) is 4.81. The van der Waals surface area contributed by atoms with Gasteiger partial charge in [0.25, 0.3) is 5.56 Å². The molecule has 158 valence electrons. The number of carbonyl (C=O) groups is 1. The molecule has 0 saturated carbocycles. The molecule has 2 aromatic carbocycles. The Kier molecular flexibility index (Phi) is 5.99. The van der Waals surface area contributed by atoms with Crippen molar-refractivity contribution in [2.24, 2.45) is 0 Å². The maximum Gasteiger partial charge on any atom is 0.271 e. The molecule has 4 rings (SSSR count). The van der Waals surface area contributed by atoms with Gasteiger partial charge in [-0.25, -0.2) is 13.8 Å². The van der Waals surface area contributed by atoms with E-state index in [2.05, 4.69) is 15.3 Å². The Labute approximate surface area is 188 Å². The fourth-order valence-electron chi connectivity index (χ4n) is 2.90.